The van der Waals surface area contributed by atoms with Crippen LogP contribution >= 0.6 is 0 Å². The van der Waals surface area contributed by atoms with Crippen molar-refractivity contribution in [3.8, 4) is 5.75 Å². The first-order valence-corrected chi connectivity index (χ1v) is 7.28. The van der Waals surface area contributed by atoms with E-state index in [4.69, 9.17) is 20.3 Å². The van der Waals surface area contributed by atoms with Crippen molar-refractivity contribution in [3.63, 3.8) is 0 Å². The van der Waals surface area contributed by atoms with Crippen molar-refractivity contribution >= 4 is 5.96 Å². The molecule has 1 aromatic carbocycles. The topological polar surface area (TPSA) is 89.1 Å². The molecule has 0 amide bonds. The quantitative estimate of drug-likeness (QED) is 0.393. The van der Waals surface area contributed by atoms with E-state index in [0.717, 1.165) is 24.2 Å². The molecule has 1 heterocycles. The summed E-state index contributed by atoms with van der Waals surface area (Å²) in [6.45, 7) is 2.29. The predicted octanol–water partition coefficient (Wildman–Crippen LogP) is 0.814. The van der Waals surface area contributed by atoms with Crippen LogP contribution in [-0.2, 0) is 4.74 Å². The van der Waals surface area contributed by atoms with E-state index < -0.39 is 0 Å². The van der Waals surface area contributed by atoms with Gasteiger partial charge in [-0.2, -0.15) is 0 Å². The Bertz CT molecular complexity index is 465. The third-order valence-corrected chi connectivity index (χ3v) is 3.25. The van der Waals surface area contributed by atoms with Crippen LogP contribution in [-0.4, -0.2) is 44.0 Å². The standard InChI is InChI=1S/C15H23N3O3/c16-15(17-7-3-9-20-11-8-19)18-13-6-10-21-14-5-2-1-4-12(13)14/h1-2,4-5,13,19H,3,6-11H2,(H3,16,17,18). The van der Waals surface area contributed by atoms with Crippen LogP contribution in [0.25, 0.3) is 0 Å². The van der Waals surface area contributed by atoms with Crippen LogP contribution in [0.5, 0.6) is 5.75 Å². The minimum atomic E-state index is 0.0517. The summed E-state index contributed by atoms with van der Waals surface area (Å²) >= 11 is 0. The first-order chi connectivity index (χ1) is 10.3. The van der Waals surface area contributed by atoms with Gasteiger partial charge in [0.1, 0.15) is 5.75 Å². The van der Waals surface area contributed by atoms with Crippen molar-refractivity contribution in [3.05, 3.63) is 29.8 Å². The van der Waals surface area contributed by atoms with E-state index >= 15 is 0 Å². The summed E-state index contributed by atoms with van der Waals surface area (Å²) in [7, 11) is 0. The van der Waals surface area contributed by atoms with Crippen LogP contribution in [0.2, 0.25) is 0 Å². The van der Waals surface area contributed by atoms with Crippen LogP contribution in [0.3, 0.4) is 0 Å². The number of para-hydroxylation sites is 1. The van der Waals surface area contributed by atoms with Gasteiger partial charge in [0, 0.05) is 25.1 Å². The maximum atomic E-state index is 8.58. The molecule has 0 bridgehead atoms. The fraction of sp³-hybridized carbons (Fsp3) is 0.533. The summed E-state index contributed by atoms with van der Waals surface area (Å²) in [6.07, 6.45) is 1.65. The van der Waals surface area contributed by atoms with E-state index in [-0.39, 0.29) is 12.6 Å². The molecule has 0 aromatic heterocycles. The van der Waals surface area contributed by atoms with Crippen molar-refractivity contribution in [2.24, 2.45) is 10.7 Å². The normalized spacial score (nSPS) is 18.0. The number of ether oxygens (including phenoxy) is 2. The number of nitrogens with zero attached hydrogens (tertiary/aromatic N) is 1. The lowest BCUT2D eigenvalue weighted by atomic mass is 10.0. The zero-order valence-corrected chi connectivity index (χ0v) is 12.1. The highest BCUT2D eigenvalue weighted by atomic mass is 16.5. The Kier molecular flexibility index (Phi) is 6.30. The van der Waals surface area contributed by atoms with Crippen LogP contribution < -0.4 is 15.8 Å². The molecule has 4 N–H and O–H groups in total. The third kappa shape index (κ3) is 4.91. The number of nitrogens with two attached hydrogens (primary N) is 1. The van der Waals surface area contributed by atoms with Gasteiger partial charge in [0.2, 0.25) is 0 Å². The van der Waals surface area contributed by atoms with Gasteiger partial charge in [-0.25, -0.2) is 0 Å². The predicted molar refractivity (Wildman–Crippen MR) is 81.4 cm³/mol. The molecule has 0 spiro atoms. The maximum Gasteiger partial charge on any atom is 0.189 e. The number of fused-ring (bicyclic) bond motifs is 1. The molecule has 6 nitrogen and oxygen atoms in total. The Morgan fingerprint density at radius 1 is 1.43 bits per heavy atom. The highest BCUT2D eigenvalue weighted by molar-refractivity contribution is 5.78. The molecule has 0 fully saturated rings. The van der Waals surface area contributed by atoms with Crippen molar-refractivity contribution in [1.82, 2.24) is 5.32 Å². The van der Waals surface area contributed by atoms with Crippen LogP contribution in [0.15, 0.2) is 29.3 Å². The zero-order valence-electron chi connectivity index (χ0n) is 12.1. The van der Waals surface area contributed by atoms with Gasteiger partial charge in [-0.05, 0) is 12.5 Å². The number of hydrogen-bond donors (Lipinski definition) is 3. The average molecular weight is 293 g/mol. The number of guanidine groups is 1. The molecule has 0 aliphatic carbocycles. The smallest absolute Gasteiger partial charge is 0.189 e. The fourth-order valence-corrected chi connectivity index (χ4v) is 2.25. The molecule has 0 saturated carbocycles. The van der Waals surface area contributed by atoms with Crippen LogP contribution in [0.1, 0.15) is 24.4 Å². The summed E-state index contributed by atoms with van der Waals surface area (Å²) < 4.78 is 10.8. The minimum absolute atomic E-state index is 0.0517. The van der Waals surface area contributed by atoms with E-state index in [2.05, 4.69) is 10.3 Å². The number of hydrogen-bond acceptors (Lipinski definition) is 4. The molecule has 6 heteroatoms. The van der Waals surface area contributed by atoms with Gasteiger partial charge in [-0.1, -0.05) is 18.2 Å². The Labute approximate surface area is 125 Å². The summed E-state index contributed by atoms with van der Waals surface area (Å²) in [5, 5.41) is 11.8. The molecule has 1 aliphatic heterocycles. The van der Waals surface area contributed by atoms with Crippen molar-refractivity contribution < 1.29 is 14.6 Å². The number of aliphatic hydroxyl groups is 1. The zero-order chi connectivity index (χ0) is 14.9. The van der Waals surface area contributed by atoms with Crippen molar-refractivity contribution in [2.75, 3.05) is 33.0 Å². The molecule has 21 heavy (non-hydrogen) atoms. The molecule has 1 atom stereocenters. The summed E-state index contributed by atoms with van der Waals surface area (Å²) in [6, 6.07) is 8.11. The Morgan fingerprint density at radius 2 is 2.29 bits per heavy atom. The van der Waals surface area contributed by atoms with E-state index in [9.17, 15) is 0 Å². The monoisotopic (exact) mass is 293 g/mol. The number of benzene rings is 1. The van der Waals surface area contributed by atoms with E-state index in [1.165, 1.54) is 0 Å². The largest absolute Gasteiger partial charge is 0.493 e. The van der Waals surface area contributed by atoms with Gasteiger partial charge < -0.3 is 25.6 Å². The molecule has 1 aromatic rings. The first-order valence-electron chi connectivity index (χ1n) is 7.28. The van der Waals surface area contributed by atoms with Gasteiger partial charge in [-0.15, -0.1) is 0 Å². The second-order valence-corrected chi connectivity index (χ2v) is 4.83. The van der Waals surface area contributed by atoms with Crippen molar-refractivity contribution in [2.45, 2.75) is 18.9 Å². The molecule has 116 valence electrons. The Morgan fingerprint density at radius 3 is 3.14 bits per heavy atom. The van der Waals surface area contributed by atoms with E-state index in [0.29, 0.717) is 32.3 Å². The molecule has 0 saturated heterocycles. The molecular weight excluding hydrogens is 270 g/mol. The number of aliphatic imine (C=N–C) groups is 1. The second kappa shape index (κ2) is 8.49. The molecule has 1 aliphatic rings. The average Bonchev–Trinajstić information content (AvgIpc) is 2.51. The van der Waals surface area contributed by atoms with Gasteiger partial charge in [-0.3, -0.25) is 4.99 Å². The lowest BCUT2D eigenvalue weighted by Crippen LogP contribution is -2.37. The van der Waals surface area contributed by atoms with Gasteiger partial charge in [0.15, 0.2) is 5.96 Å². The lowest BCUT2D eigenvalue weighted by molar-refractivity contribution is 0.0918. The highest BCUT2D eigenvalue weighted by Crippen LogP contribution is 2.31. The molecule has 0 radical (unpaired) electrons. The van der Waals surface area contributed by atoms with Gasteiger partial charge in [0.05, 0.1) is 25.9 Å². The first kappa shape index (κ1) is 15.6. The van der Waals surface area contributed by atoms with Gasteiger partial charge >= 0.3 is 0 Å². The third-order valence-electron chi connectivity index (χ3n) is 3.25. The Balaban J connectivity index is 1.79. The van der Waals surface area contributed by atoms with E-state index in [1.807, 2.05) is 24.3 Å². The van der Waals surface area contributed by atoms with Gasteiger partial charge in [0.25, 0.3) is 0 Å². The number of nitrogens with one attached hydrogen (secondary N) is 1. The molecule has 2 rings (SSSR count). The van der Waals surface area contributed by atoms with Crippen LogP contribution in [0, 0.1) is 0 Å². The fourth-order valence-electron chi connectivity index (χ4n) is 2.25. The SMILES string of the molecule is NC(=NCCCOCCO)NC1CCOc2ccccc21. The Hall–Kier alpha value is -1.79. The summed E-state index contributed by atoms with van der Waals surface area (Å²) in [4.78, 5) is 4.29. The minimum Gasteiger partial charge on any atom is -0.493 e. The van der Waals surface area contributed by atoms with Crippen molar-refractivity contribution in [1.29, 1.82) is 0 Å². The molecular formula is C15H23N3O3. The maximum absolute atomic E-state index is 8.58. The summed E-state index contributed by atoms with van der Waals surface area (Å²) in [5.74, 6) is 1.35. The number of aliphatic hydroxyl groups excluding tert-OH is 1. The van der Waals surface area contributed by atoms with Crippen LogP contribution in [0.4, 0.5) is 0 Å². The molecule has 1 unspecified atom stereocenters. The lowest BCUT2D eigenvalue weighted by Gasteiger charge is -2.26. The summed E-state index contributed by atoms with van der Waals surface area (Å²) in [5.41, 5.74) is 7.04. The number of rotatable bonds is 7. The highest BCUT2D eigenvalue weighted by Gasteiger charge is 2.20. The second-order valence-electron chi connectivity index (χ2n) is 4.83. The van der Waals surface area contributed by atoms with E-state index in [1.54, 1.807) is 0 Å².